The second-order valence-electron chi connectivity index (χ2n) is 13.9. The van der Waals surface area contributed by atoms with Gasteiger partial charge in [0.25, 0.3) is 0 Å². The fourth-order valence-electron chi connectivity index (χ4n) is 7.22. The Labute approximate surface area is 330 Å². The Morgan fingerprint density at radius 1 is 0.862 bits per heavy atom. The lowest BCUT2D eigenvalue weighted by Crippen LogP contribution is -2.48. The molecule has 0 amide bonds. The maximum absolute atomic E-state index is 16.2. The molecule has 58 heavy (non-hydrogen) atoms. The SMILES string of the molecule is CC[C@@H]([C@H](C)OP(=O)(O)O)n1ncn(-c2ccc(N3CCN(c4ccc(-c5ccc(C(F)(F)[C@@](O)(Cn6cnnn6)c6ccccc6F)nc5)cc4)CC3)cc2)c1=O. The highest BCUT2D eigenvalue weighted by molar-refractivity contribution is 7.46. The van der Waals surface area contributed by atoms with Crippen molar-refractivity contribution in [2.45, 2.75) is 50.5 Å². The average Bonchev–Trinajstić information content (AvgIpc) is 3.87. The van der Waals surface area contributed by atoms with Gasteiger partial charge in [0.1, 0.15) is 24.2 Å². The van der Waals surface area contributed by atoms with E-state index in [1.807, 2.05) is 48.5 Å². The van der Waals surface area contributed by atoms with Crippen molar-refractivity contribution in [3.63, 3.8) is 0 Å². The minimum Gasteiger partial charge on any atom is -0.377 e. The Bertz CT molecular complexity index is 2420. The molecule has 16 nitrogen and oxygen atoms in total. The number of hydrogen-bond acceptors (Lipinski definition) is 11. The largest absolute Gasteiger partial charge is 0.469 e. The van der Waals surface area contributed by atoms with Crippen molar-refractivity contribution in [1.82, 2.24) is 39.5 Å². The summed E-state index contributed by atoms with van der Waals surface area (Å²) in [7, 11) is -4.75. The van der Waals surface area contributed by atoms with Gasteiger partial charge in [-0.3, -0.25) is 9.51 Å². The fourth-order valence-corrected chi connectivity index (χ4v) is 7.80. The normalized spacial score (nSPS) is 15.9. The van der Waals surface area contributed by atoms with E-state index in [1.54, 1.807) is 6.92 Å². The summed E-state index contributed by atoms with van der Waals surface area (Å²) in [4.78, 5) is 40.1. The number of hydrogen-bond donors (Lipinski definition) is 3. The predicted octanol–water partition coefficient (Wildman–Crippen LogP) is 4.68. The Balaban J connectivity index is 0.985. The Morgan fingerprint density at radius 2 is 1.47 bits per heavy atom. The van der Waals surface area contributed by atoms with Gasteiger partial charge in [0.05, 0.1) is 24.4 Å². The van der Waals surface area contributed by atoms with Crippen LogP contribution in [0.4, 0.5) is 24.5 Å². The summed E-state index contributed by atoms with van der Waals surface area (Å²) >= 11 is 0. The highest BCUT2D eigenvalue weighted by atomic mass is 31.2. The number of phosphoric ester groups is 1. The van der Waals surface area contributed by atoms with Crippen molar-refractivity contribution in [1.29, 1.82) is 0 Å². The topological polar surface area (TPSA) is 190 Å². The van der Waals surface area contributed by atoms with Crippen molar-refractivity contribution in [3.8, 4) is 16.8 Å². The van der Waals surface area contributed by atoms with Gasteiger partial charge in [-0.2, -0.15) is 13.9 Å². The van der Waals surface area contributed by atoms with Crippen LogP contribution in [0.25, 0.3) is 16.8 Å². The summed E-state index contributed by atoms with van der Waals surface area (Å²) in [5.74, 6) is -5.06. The van der Waals surface area contributed by atoms with Crippen LogP contribution in [0.2, 0.25) is 0 Å². The standard InChI is InChI=1S/C38H40F3N10O6P/c1-3-34(26(2)57-58(54,55)56)51-36(52)50(25-44-51)31-15-13-30(14-16-31)48-20-18-47(19-21-48)29-11-8-27(9-12-29)28-10-17-35(42-22-28)38(40,41)37(53,23-49-24-43-45-46-49)32-6-4-5-7-33(32)39/h4-17,22,24-26,34,53H,3,18-21,23H2,1-2H3,(H2,54,55,56)/t26-,34-,37+/m0/s1. The van der Waals surface area contributed by atoms with E-state index in [4.69, 9.17) is 4.52 Å². The molecule has 3 aromatic heterocycles. The van der Waals surface area contributed by atoms with Gasteiger partial charge in [-0.25, -0.2) is 27.7 Å². The van der Waals surface area contributed by atoms with Crippen molar-refractivity contribution < 1.29 is 37.2 Å². The molecule has 0 unspecified atom stereocenters. The van der Waals surface area contributed by atoms with Crippen LogP contribution in [0.1, 0.15) is 37.6 Å². The highest BCUT2D eigenvalue weighted by Gasteiger charge is 2.57. The first kappa shape index (κ1) is 40.5. The number of pyridine rings is 1. The van der Waals surface area contributed by atoms with Crippen molar-refractivity contribution in [2.75, 3.05) is 36.0 Å². The molecule has 6 aromatic rings. The Kier molecular flexibility index (Phi) is 11.3. The summed E-state index contributed by atoms with van der Waals surface area (Å²) in [6, 6.07) is 21.8. The van der Waals surface area contributed by atoms with Crippen LogP contribution in [-0.4, -0.2) is 86.7 Å². The zero-order chi connectivity index (χ0) is 41.2. The van der Waals surface area contributed by atoms with Crippen LogP contribution in [0.15, 0.2) is 109 Å². The van der Waals surface area contributed by atoms with Crippen LogP contribution in [-0.2, 0) is 27.2 Å². The van der Waals surface area contributed by atoms with Crippen LogP contribution in [0.3, 0.4) is 0 Å². The van der Waals surface area contributed by atoms with Crippen LogP contribution >= 0.6 is 7.82 Å². The van der Waals surface area contributed by atoms with Gasteiger partial charge in [-0.15, -0.1) is 5.10 Å². The lowest BCUT2D eigenvalue weighted by atomic mass is 9.84. The molecule has 20 heteroatoms. The van der Waals surface area contributed by atoms with Gasteiger partial charge in [0.15, 0.2) is 5.60 Å². The number of piperazine rings is 1. The minimum absolute atomic E-state index is 0.363. The molecule has 3 N–H and O–H groups in total. The number of tetrazole rings is 1. The van der Waals surface area contributed by atoms with Gasteiger partial charge in [0.2, 0.25) is 0 Å². The minimum atomic E-state index is -4.75. The molecule has 4 heterocycles. The molecule has 0 bridgehead atoms. The number of rotatable bonds is 14. The van der Waals surface area contributed by atoms with E-state index in [0.29, 0.717) is 17.7 Å². The third-order valence-electron chi connectivity index (χ3n) is 10.3. The van der Waals surface area contributed by atoms with Crippen molar-refractivity contribution in [2.24, 2.45) is 0 Å². The molecule has 3 atom stereocenters. The molecular weight excluding hydrogens is 780 g/mol. The van der Waals surface area contributed by atoms with Crippen molar-refractivity contribution in [3.05, 3.63) is 131 Å². The van der Waals surface area contributed by atoms with Gasteiger partial charge >= 0.3 is 19.4 Å². The number of benzene rings is 3. The first-order valence-corrected chi connectivity index (χ1v) is 19.8. The summed E-state index contributed by atoms with van der Waals surface area (Å²) in [6.07, 6.45) is 3.12. The van der Waals surface area contributed by atoms with Crippen LogP contribution in [0, 0.1) is 5.82 Å². The van der Waals surface area contributed by atoms with Gasteiger partial charge in [0, 0.05) is 54.9 Å². The number of nitrogens with zero attached hydrogens (tertiary/aromatic N) is 10. The molecule has 0 saturated carbocycles. The third kappa shape index (κ3) is 8.17. The van der Waals surface area contributed by atoms with Gasteiger partial charge < -0.3 is 24.7 Å². The van der Waals surface area contributed by atoms with E-state index >= 15 is 8.78 Å². The summed E-state index contributed by atoms with van der Waals surface area (Å²) in [6.45, 7) is 5.32. The lowest BCUT2D eigenvalue weighted by molar-refractivity contribution is -0.207. The zero-order valence-electron chi connectivity index (χ0n) is 31.3. The highest BCUT2D eigenvalue weighted by Crippen LogP contribution is 2.47. The third-order valence-corrected chi connectivity index (χ3v) is 10.9. The predicted molar refractivity (Wildman–Crippen MR) is 206 cm³/mol. The molecule has 0 spiro atoms. The van der Waals surface area contributed by atoms with Crippen molar-refractivity contribution >= 4 is 19.2 Å². The van der Waals surface area contributed by atoms with E-state index in [1.165, 1.54) is 46.9 Å². The summed E-state index contributed by atoms with van der Waals surface area (Å²) in [5, 5.41) is 26.1. The van der Waals surface area contributed by atoms with E-state index < -0.39 is 60.8 Å². The molecule has 0 aliphatic carbocycles. The number of aromatic nitrogens is 8. The number of alkyl halides is 2. The summed E-state index contributed by atoms with van der Waals surface area (Å²) < 4.78 is 66.8. The molecule has 1 fully saturated rings. The van der Waals surface area contributed by atoms with Crippen LogP contribution in [0.5, 0.6) is 0 Å². The fraction of sp³-hybridized carbons (Fsp3) is 0.316. The first-order chi connectivity index (χ1) is 27.7. The number of aliphatic hydroxyl groups is 1. The number of phosphoric acid groups is 1. The van der Waals surface area contributed by atoms with E-state index in [0.717, 1.165) is 72.3 Å². The molecule has 1 aliphatic heterocycles. The second-order valence-corrected chi connectivity index (χ2v) is 15.1. The molecule has 0 radical (unpaired) electrons. The van der Waals surface area contributed by atoms with Gasteiger partial charge in [-0.1, -0.05) is 43.3 Å². The molecular formula is C38H40F3N10O6P. The lowest BCUT2D eigenvalue weighted by Gasteiger charge is -2.37. The smallest absolute Gasteiger partial charge is 0.377 e. The van der Waals surface area contributed by atoms with Gasteiger partial charge in [-0.05, 0) is 77.9 Å². The van der Waals surface area contributed by atoms with Crippen LogP contribution < -0.4 is 15.5 Å². The van der Waals surface area contributed by atoms with E-state index in [2.05, 4.69) is 35.4 Å². The zero-order valence-corrected chi connectivity index (χ0v) is 32.2. The maximum Gasteiger partial charge on any atom is 0.469 e. The molecule has 1 aliphatic rings. The second kappa shape index (κ2) is 16.3. The van der Waals surface area contributed by atoms with E-state index in [9.17, 15) is 28.6 Å². The monoisotopic (exact) mass is 820 g/mol. The quantitative estimate of drug-likeness (QED) is 0.129. The van der Waals surface area contributed by atoms with E-state index in [-0.39, 0.29) is 0 Å². The molecule has 3 aromatic carbocycles. The Hall–Kier alpha value is -5.72. The molecule has 304 valence electrons. The molecule has 7 rings (SSSR count). The first-order valence-electron chi connectivity index (χ1n) is 18.3. The molecule has 1 saturated heterocycles. The number of halogens is 3. The average molecular weight is 821 g/mol. The Morgan fingerprint density at radius 3 is 2.02 bits per heavy atom. The maximum atomic E-state index is 16.2. The number of anilines is 2. The summed E-state index contributed by atoms with van der Waals surface area (Å²) in [5.41, 5.74) is -1.07.